The lowest BCUT2D eigenvalue weighted by Crippen LogP contribution is -2.26. The zero-order valence-corrected chi connectivity index (χ0v) is 13.0. The summed E-state index contributed by atoms with van der Waals surface area (Å²) in [5.74, 6) is -1.35. The average molecular weight is 370 g/mol. The smallest absolute Gasteiger partial charge is 0.352 e. The van der Waals surface area contributed by atoms with E-state index in [1.807, 2.05) is 6.92 Å². The van der Waals surface area contributed by atoms with E-state index in [1.54, 1.807) is 0 Å². The SMILES string of the molecule is CC(CBr)CCCNC(=O)c1cc(C(F)(F)F)ccc1F. The second-order valence-electron chi connectivity index (χ2n) is 4.85. The molecule has 21 heavy (non-hydrogen) atoms. The Hall–Kier alpha value is -1.11. The number of hydrogen-bond acceptors (Lipinski definition) is 1. The van der Waals surface area contributed by atoms with Gasteiger partial charge in [0.25, 0.3) is 5.91 Å². The molecule has 0 saturated heterocycles. The van der Waals surface area contributed by atoms with Crippen molar-refractivity contribution in [1.82, 2.24) is 5.32 Å². The van der Waals surface area contributed by atoms with E-state index in [0.29, 0.717) is 37.1 Å². The maximum atomic E-state index is 13.5. The minimum atomic E-state index is -4.60. The summed E-state index contributed by atoms with van der Waals surface area (Å²) in [6, 6.07) is 1.81. The maximum Gasteiger partial charge on any atom is 0.416 e. The van der Waals surface area contributed by atoms with Crippen molar-refractivity contribution in [2.75, 3.05) is 11.9 Å². The molecule has 1 aromatic rings. The normalized spacial score (nSPS) is 13.0. The molecule has 1 aromatic carbocycles. The molecule has 0 aliphatic heterocycles. The quantitative estimate of drug-likeness (QED) is 0.449. The number of alkyl halides is 4. The van der Waals surface area contributed by atoms with Gasteiger partial charge in [0.1, 0.15) is 5.82 Å². The molecule has 1 rings (SSSR count). The van der Waals surface area contributed by atoms with Gasteiger partial charge in [0.2, 0.25) is 0 Å². The standard InChI is InChI=1S/C14H16BrF4NO/c1-9(8-15)3-2-6-20-13(21)11-7-10(14(17,18)19)4-5-12(11)16/h4-5,7,9H,2-3,6,8H2,1H3,(H,20,21). The van der Waals surface area contributed by atoms with Gasteiger partial charge < -0.3 is 5.32 Å². The van der Waals surface area contributed by atoms with E-state index >= 15 is 0 Å². The number of carbonyl (C=O) groups excluding carboxylic acids is 1. The molecule has 118 valence electrons. The summed E-state index contributed by atoms with van der Waals surface area (Å²) < 4.78 is 51.1. The molecule has 0 aliphatic rings. The van der Waals surface area contributed by atoms with Crippen LogP contribution >= 0.6 is 15.9 Å². The summed E-state index contributed by atoms with van der Waals surface area (Å²) in [5, 5.41) is 3.27. The lowest BCUT2D eigenvalue weighted by Gasteiger charge is -2.11. The van der Waals surface area contributed by atoms with Gasteiger partial charge in [-0.25, -0.2) is 4.39 Å². The predicted octanol–water partition coefficient (Wildman–Crippen LogP) is 4.39. The van der Waals surface area contributed by atoms with E-state index in [4.69, 9.17) is 0 Å². The van der Waals surface area contributed by atoms with Crippen molar-refractivity contribution in [2.24, 2.45) is 5.92 Å². The van der Waals surface area contributed by atoms with Crippen LogP contribution in [0.15, 0.2) is 18.2 Å². The van der Waals surface area contributed by atoms with Crippen LogP contribution in [0.1, 0.15) is 35.7 Å². The molecule has 0 saturated carbocycles. The van der Waals surface area contributed by atoms with Crippen molar-refractivity contribution < 1.29 is 22.4 Å². The number of benzene rings is 1. The molecular formula is C14H16BrF4NO. The second-order valence-corrected chi connectivity index (χ2v) is 5.50. The molecule has 0 aliphatic carbocycles. The van der Waals surface area contributed by atoms with E-state index in [1.165, 1.54) is 0 Å². The number of hydrogen-bond donors (Lipinski definition) is 1. The van der Waals surface area contributed by atoms with E-state index in [-0.39, 0.29) is 0 Å². The number of amides is 1. The van der Waals surface area contributed by atoms with Crippen LogP contribution in [0.2, 0.25) is 0 Å². The van der Waals surface area contributed by atoms with Gasteiger partial charge in [-0.3, -0.25) is 4.79 Å². The molecule has 1 amide bonds. The van der Waals surface area contributed by atoms with Gasteiger partial charge in [0.15, 0.2) is 0 Å². The monoisotopic (exact) mass is 369 g/mol. The Morgan fingerprint density at radius 3 is 2.62 bits per heavy atom. The van der Waals surface area contributed by atoms with Gasteiger partial charge >= 0.3 is 6.18 Å². The first-order valence-corrected chi connectivity index (χ1v) is 7.58. The van der Waals surface area contributed by atoms with Gasteiger partial charge in [0.05, 0.1) is 11.1 Å². The van der Waals surface area contributed by atoms with Crippen LogP contribution in [-0.4, -0.2) is 17.8 Å². The van der Waals surface area contributed by atoms with Crippen molar-refractivity contribution in [3.05, 3.63) is 35.1 Å². The number of rotatable bonds is 6. The lowest BCUT2D eigenvalue weighted by atomic mass is 10.1. The zero-order chi connectivity index (χ0) is 16.0. The molecule has 0 radical (unpaired) electrons. The molecule has 7 heteroatoms. The van der Waals surface area contributed by atoms with Gasteiger partial charge in [-0.05, 0) is 37.0 Å². The van der Waals surface area contributed by atoms with E-state index in [0.717, 1.165) is 11.8 Å². The minimum absolute atomic E-state index is 0.297. The van der Waals surface area contributed by atoms with Crippen LogP contribution in [0.3, 0.4) is 0 Å². The summed E-state index contributed by atoms with van der Waals surface area (Å²) in [6.45, 7) is 2.33. The Morgan fingerprint density at radius 1 is 1.38 bits per heavy atom. The number of nitrogens with one attached hydrogen (secondary N) is 1. The van der Waals surface area contributed by atoms with Crippen molar-refractivity contribution in [3.63, 3.8) is 0 Å². The molecule has 1 N–H and O–H groups in total. The van der Waals surface area contributed by atoms with E-state index in [9.17, 15) is 22.4 Å². The molecule has 0 fully saturated rings. The Balaban J connectivity index is 2.65. The molecule has 1 unspecified atom stereocenters. The molecular weight excluding hydrogens is 354 g/mol. The maximum absolute atomic E-state index is 13.5. The fourth-order valence-corrected chi connectivity index (χ4v) is 2.02. The third kappa shape index (κ3) is 5.65. The van der Waals surface area contributed by atoms with Crippen LogP contribution < -0.4 is 5.32 Å². The summed E-state index contributed by atoms with van der Waals surface area (Å²) >= 11 is 3.33. The Kier molecular flexibility index (Phi) is 6.64. The molecule has 0 bridgehead atoms. The van der Waals surface area contributed by atoms with Gasteiger partial charge in [-0.1, -0.05) is 22.9 Å². The Morgan fingerprint density at radius 2 is 2.05 bits per heavy atom. The molecule has 0 heterocycles. The molecule has 2 nitrogen and oxygen atoms in total. The first-order valence-electron chi connectivity index (χ1n) is 6.46. The van der Waals surface area contributed by atoms with Crippen LogP contribution in [0.25, 0.3) is 0 Å². The van der Waals surface area contributed by atoms with Crippen LogP contribution in [-0.2, 0) is 6.18 Å². The van der Waals surface area contributed by atoms with Crippen molar-refractivity contribution in [1.29, 1.82) is 0 Å². The van der Waals surface area contributed by atoms with Gasteiger partial charge in [-0.15, -0.1) is 0 Å². The highest BCUT2D eigenvalue weighted by Gasteiger charge is 2.31. The van der Waals surface area contributed by atoms with Crippen molar-refractivity contribution in [3.8, 4) is 0 Å². The largest absolute Gasteiger partial charge is 0.416 e. The van der Waals surface area contributed by atoms with Crippen LogP contribution in [0.4, 0.5) is 17.6 Å². The van der Waals surface area contributed by atoms with Crippen LogP contribution in [0, 0.1) is 11.7 Å². The average Bonchev–Trinajstić information content (AvgIpc) is 2.42. The lowest BCUT2D eigenvalue weighted by molar-refractivity contribution is -0.137. The highest BCUT2D eigenvalue weighted by Crippen LogP contribution is 2.30. The third-order valence-electron chi connectivity index (χ3n) is 2.96. The van der Waals surface area contributed by atoms with Crippen molar-refractivity contribution in [2.45, 2.75) is 25.9 Å². The summed E-state index contributed by atoms with van der Waals surface area (Å²) in [6.07, 6.45) is -3.07. The highest BCUT2D eigenvalue weighted by atomic mass is 79.9. The fraction of sp³-hybridized carbons (Fsp3) is 0.500. The summed E-state index contributed by atoms with van der Waals surface area (Å²) in [4.78, 5) is 11.7. The second kappa shape index (κ2) is 7.77. The van der Waals surface area contributed by atoms with Crippen molar-refractivity contribution >= 4 is 21.8 Å². The van der Waals surface area contributed by atoms with Crippen LogP contribution in [0.5, 0.6) is 0 Å². The summed E-state index contributed by atoms with van der Waals surface area (Å²) in [5.41, 5.74) is -1.62. The highest BCUT2D eigenvalue weighted by molar-refractivity contribution is 9.09. The van der Waals surface area contributed by atoms with Gasteiger partial charge in [0, 0.05) is 11.9 Å². The number of carbonyl (C=O) groups is 1. The fourth-order valence-electron chi connectivity index (χ4n) is 1.70. The first-order chi connectivity index (χ1) is 9.75. The van der Waals surface area contributed by atoms with E-state index in [2.05, 4.69) is 21.2 Å². The first kappa shape index (κ1) is 17.9. The predicted molar refractivity (Wildman–Crippen MR) is 75.9 cm³/mol. The topological polar surface area (TPSA) is 29.1 Å². The zero-order valence-electron chi connectivity index (χ0n) is 11.4. The minimum Gasteiger partial charge on any atom is -0.352 e. The van der Waals surface area contributed by atoms with Gasteiger partial charge in [-0.2, -0.15) is 13.2 Å². The number of halogens is 5. The Labute approximate surface area is 129 Å². The molecule has 1 atom stereocenters. The van der Waals surface area contributed by atoms with E-state index < -0.39 is 29.0 Å². The molecule has 0 aromatic heterocycles. The Bertz CT molecular complexity index is 490. The molecule has 0 spiro atoms. The summed E-state index contributed by atoms with van der Waals surface area (Å²) in [7, 11) is 0. The third-order valence-corrected chi connectivity index (χ3v) is 4.07.